The van der Waals surface area contributed by atoms with E-state index in [-0.39, 0.29) is 10.0 Å². The van der Waals surface area contributed by atoms with Gasteiger partial charge in [-0.15, -0.1) is 0 Å². The van der Waals surface area contributed by atoms with Crippen molar-refractivity contribution in [2.24, 2.45) is 5.73 Å². The molecule has 1 aromatic heterocycles. The molecule has 0 saturated carbocycles. The van der Waals surface area contributed by atoms with Crippen molar-refractivity contribution in [3.63, 3.8) is 0 Å². The second kappa shape index (κ2) is 6.02. The largest absolute Gasteiger partial charge is 0.368 e. The van der Waals surface area contributed by atoms with Gasteiger partial charge in [-0.3, -0.25) is 9.59 Å². The van der Waals surface area contributed by atoms with Crippen molar-refractivity contribution in [2.75, 3.05) is 0 Å². The van der Waals surface area contributed by atoms with Crippen LogP contribution in [0.1, 0.15) is 32.2 Å². The number of unbranched alkanes of at least 4 members (excludes halogenated alkanes) is 1. The predicted octanol–water partition coefficient (Wildman–Crippen LogP) is 1.77. The second-order valence-electron chi connectivity index (χ2n) is 3.62. The fourth-order valence-corrected chi connectivity index (χ4v) is 1.69. The molecule has 17 heavy (non-hydrogen) atoms. The van der Waals surface area contributed by atoms with Crippen LogP contribution in [0, 0.1) is 0 Å². The lowest BCUT2D eigenvalue weighted by Gasteiger charge is -2.15. The van der Waals surface area contributed by atoms with Gasteiger partial charge in [-0.2, -0.15) is 5.10 Å². The minimum Gasteiger partial charge on any atom is -0.368 e. The summed E-state index contributed by atoms with van der Waals surface area (Å²) in [7, 11) is 0. The third-order valence-corrected chi connectivity index (χ3v) is 3.10. The van der Waals surface area contributed by atoms with E-state index in [1.54, 1.807) is 0 Å². The summed E-state index contributed by atoms with van der Waals surface area (Å²) in [6.07, 6.45) is 3.34. The lowest BCUT2D eigenvalue weighted by Crippen LogP contribution is -2.35. The van der Waals surface area contributed by atoms with Crippen molar-refractivity contribution >= 4 is 29.1 Å². The molecule has 1 unspecified atom stereocenters. The summed E-state index contributed by atoms with van der Waals surface area (Å²) < 4.78 is 0.992. The Morgan fingerprint density at radius 1 is 1.59 bits per heavy atom. The SMILES string of the molecule is CCCCC(C(N)=O)n1ncc(Cl)c(Cl)c1=O. The molecule has 0 aromatic carbocycles. The Labute approximate surface area is 109 Å². The molecule has 0 radical (unpaired) electrons. The minimum atomic E-state index is -0.780. The van der Waals surface area contributed by atoms with Gasteiger partial charge in [0.2, 0.25) is 5.91 Å². The van der Waals surface area contributed by atoms with Gasteiger partial charge in [0.15, 0.2) is 0 Å². The summed E-state index contributed by atoms with van der Waals surface area (Å²) in [5.74, 6) is -0.605. The van der Waals surface area contributed by atoms with E-state index in [2.05, 4.69) is 5.10 Å². The first-order valence-corrected chi connectivity index (χ1v) is 5.96. The third-order valence-electron chi connectivity index (χ3n) is 2.36. The molecule has 0 fully saturated rings. The van der Waals surface area contributed by atoms with Crippen LogP contribution >= 0.6 is 23.2 Å². The van der Waals surface area contributed by atoms with Gasteiger partial charge in [-0.25, -0.2) is 4.68 Å². The van der Waals surface area contributed by atoms with Gasteiger partial charge in [0.05, 0.1) is 11.2 Å². The van der Waals surface area contributed by atoms with Crippen molar-refractivity contribution in [2.45, 2.75) is 32.2 Å². The topological polar surface area (TPSA) is 78.0 Å². The zero-order valence-electron chi connectivity index (χ0n) is 9.32. The number of hydrogen-bond donors (Lipinski definition) is 1. The summed E-state index contributed by atoms with van der Waals surface area (Å²) in [6, 6.07) is -0.780. The minimum absolute atomic E-state index is 0.0617. The van der Waals surface area contributed by atoms with Crippen LogP contribution in [0.3, 0.4) is 0 Å². The van der Waals surface area contributed by atoms with Crippen LogP contribution in [0.2, 0.25) is 10.0 Å². The van der Waals surface area contributed by atoms with Crippen LogP contribution in [0.5, 0.6) is 0 Å². The number of nitrogens with two attached hydrogens (primary N) is 1. The van der Waals surface area contributed by atoms with E-state index < -0.39 is 17.5 Å². The zero-order chi connectivity index (χ0) is 13.0. The third kappa shape index (κ3) is 3.20. The molecule has 1 atom stereocenters. The van der Waals surface area contributed by atoms with E-state index in [0.717, 1.165) is 17.5 Å². The second-order valence-corrected chi connectivity index (χ2v) is 4.40. The van der Waals surface area contributed by atoms with Gasteiger partial charge in [0.25, 0.3) is 5.56 Å². The molecule has 0 aliphatic heterocycles. The monoisotopic (exact) mass is 277 g/mol. The fourth-order valence-electron chi connectivity index (χ4n) is 1.43. The van der Waals surface area contributed by atoms with Crippen LogP contribution in [-0.2, 0) is 4.79 Å². The highest BCUT2D eigenvalue weighted by Crippen LogP contribution is 2.18. The number of hydrogen-bond acceptors (Lipinski definition) is 3. The molecule has 0 spiro atoms. The Kier molecular flexibility index (Phi) is 4.96. The van der Waals surface area contributed by atoms with Crippen molar-refractivity contribution in [3.8, 4) is 0 Å². The lowest BCUT2D eigenvalue weighted by atomic mass is 10.1. The summed E-state index contributed by atoms with van der Waals surface area (Å²) in [6.45, 7) is 1.98. The first kappa shape index (κ1) is 14.0. The summed E-state index contributed by atoms with van der Waals surface area (Å²) >= 11 is 11.4. The van der Waals surface area contributed by atoms with Gasteiger partial charge in [-0.05, 0) is 6.42 Å². The fraction of sp³-hybridized carbons (Fsp3) is 0.500. The number of carbonyl (C=O) groups is 1. The molecular formula is C10H13Cl2N3O2. The van der Waals surface area contributed by atoms with Crippen LogP contribution in [-0.4, -0.2) is 15.7 Å². The number of aromatic nitrogens is 2. The van der Waals surface area contributed by atoms with E-state index in [1.165, 1.54) is 6.20 Å². The predicted molar refractivity (Wildman–Crippen MR) is 66.3 cm³/mol. The van der Waals surface area contributed by atoms with Gasteiger partial charge in [0, 0.05) is 0 Å². The molecule has 7 heteroatoms. The maximum atomic E-state index is 11.8. The maximum Gasteiger partial charge on any atom is 0.287 e. The van der Waals surface area contributed by atoms with E-state index in [0.29, 0.717) is 6.42 Å². The molecule has 1 rings (SSSR count). The standard InChI is InChI=1S/C10H13Cl2N3O2/c1-2-3-4-7(9(13)16)15-10(17)8(12)6(11)5-14-15/h5,7H,2-4H2,1H3,(H2,13,16). The number of primary amides is 1. The Hall–Kier alpha value is -1.07. The molecule has 0 bridgehead atoms. The van der Waals surface area contributed by atoms with Gasteiger partial charge < -0.3 is 5.73 Å². The average molecular weight is 278 g/mol. The quantitative estimate of drug-likeness (QED) is 0.891. The lowest BCUT2D eigenvalue weighted by molar-refractivity contribution is -0.121. The first-order chi connectivity index (χ1) is 7.99. The van der Waals surface area contributed by atoms with Crippen LogP contribution in [0.4, 0.5) is 0 Å². The highest BCUT2D eigenvalue weighted by Gasteiger charge is 2.21. The van der Waals surface area contributed by atoms with E-state index >= 15 is 0 Å². The highest BCUT2D eigenvalue weighted by atomic mass is 35.5. The Morgan fingerprint density at radius 3 is 2.76 bits per heavy atom. The Bertz CT molecular complexity index is 473. The molecule has 1 aromatic rings. The molecule has 0 aliphatic carbocycles. The molecule has 1 heterocycles. The van der Waals surface area contributed by atoms with Crippen molar-refractivity contribution < 1.29 is 4.79 Å². The number of amides is 1. The molecule has 0 aliphatic rings. The summed E-state index contributed by atoms with van der Waals surface area (Å²) in [5.41, 5.74) is 4.65. The molecular weight excluding hydrogens is 265 g/mol. The van der Waals surface area contributed by atoms with E-state index in [4.69, 9.17) is 28.9 Å². The van der Waals surface area contributed by atoms with Crippen molar-refractivity contribution in [3.05, 3.63) is 26.6 Å². The molecule has 1 amide bonds. The Balaban J connectivity index is 3.15. The molecule has 5 nitrogen and oxygen atoms in total. The number of nitrogens with zero attached hydrogens (tertiary/aromatic N) is 2. The van der Waals surface area contributed by atoms with E-state index in [9.17, 15) is 9.59 Å². The van der Waals surface area contributed by atoms with Gasteiger partial charge in [0.1, 0.15) is 11.1 Å². The smallest absolute Gasteiger partial charge is 0.287 e. The maximum absolute atomic E-state index is 11.8. The van der Waals surface area contributed by atoms with Crippen LogP contribution < -0.4 is 11.3 Å². The number of halogens is 2. The molecule has 94 valence electrons. The van der Waals surface area contributed by atoms with Crippen molar-refractivity contribution in [1.29, 1.82) is 0 Å². The van der Waals surface area contributed by atoms with Gasteiger partial charge >= 0.3 is 0 Å². The van der Waals surface area contributed by atoms with E-state index in [1.807, 2.05) is 6.92 Å². The zero-order valence-corrected chi connectivity index (χ0v) is 10.8. The number of carbonyl (C=O) groups excluding carboxylic acids is 1. The van der Waals surface area contributed by atoms with Gasteiger partial charge in [-0.1, -0.05) is 43.0 Å². The van der Waals surface area contributed by atoms with Crippen LogP contribution in [0.15, 0.2) is 11.0 Å². The normalized spacial score (nSPS) is 12.4. The average Bonchev–Trinajstić information content (AvgIpc) is 2.28. The summed E-state index contributed by atoms with van der Waals surface area (Å²) in [5, 5.41) is 3.71. The first-order valence-electron chi connectivity index (χ1n) is 5.21. The highest BCUT2D eigenvalue weighted by molar-refractivity contribution is 6.41. The number of rotatable bonds is 5. The summed E-state index contributed by atoms with van der Waals surface area (Å²) in [4.78, 5) is 23.1. The molecule has 0 saturated heterocycles. The van der Waals surface area contributed by atoms with Crippen LogP contribution in [0.25, 0.3) is 0 Å². The Morgan fingerprint density at radius 2 is 2.24 bits per heavy atom. The van der Waals surface area contributed by atoms with Crippen molar-refractivity contribution in [1.82, 2.24) is 9.78 Å². The molecule has 2 N–H and O–H groups in total.